The summed E-state index contributed by atoms with van der Waals surface area (Å²) in [6, 6.07) is 0. The van der Waals surface area contributed by atoms with Crippen LogP contribution in [-0.2, 0) is 4.74 Å². The molecule has 1 nitrogen and oxygen atoms in total. The summed E-state index contributed by atoms with van der Waals surface area (Å²) in [5.74, 6) is 1.82. The highest BCUT2D eigenvalue weighted by Gasteiger charge is 2.14. The van der Waals surface area contributed by atoms with Crippen LogP contribution in [0.15, 0.2) is 23.5 Å². The van der Waals surface area contributed by atoms with E-state index in [1.165, 1.54) is 12.0 Å². The lowest BCUT2D eigenvalue weighted by Gasteiger charge is -2.20. The first-order valence-electron chi connectivity index (χ1n) is 4.19. The largest absolute Gasteiger partial charge is 0.501 e. The van der Waals surface area contributed by atoms with Gasteiger partial charge in [0.25, 0.3) is 0 Å². The van der Waals surface area contributed by atoms with Crippen LogP contribution in [0.25, 0.3) is 0 Å². The van der Waals surface area contributed by atoms with Crippen molar-refractivity contribution in [2.45, 2.75) is 26.7 Å². The fourth-order valence-corrected chi connectivity index (χ4v) is 1.45. The van der Waals surface area contributed by atoms with E-state index >= 15 is 0 Å². The average Bonchev–Trinajstić information content (AvgIpc) is 2.05. The molecule has 0 aromatic carbocycles. The summed E-state index contributed by atoms with van der Waals surface area (Å²) in [4.78, 5) is 0. The number of hydrogen-bond donors (Lipinski definition) is 0. The zero-order valence-electron chi connectivity index (χ0n) is 7.55. The number of rotatable bonds is 2. The second-order valence-corrected chi connectivity index (χ2v) is 3.06. The molecule has 0 fully saturated rings. The molecule has 1 aliphatic carbocycles. The van der Waals surface area contributed by atoms with Gasteiger partial charge in [0.1, 0.15) is 0 Å². The minimum Gasteiger partial charge on any atom is -0.501 e. The first-order chi connectivity index (χ1) is 5.27. The number of ether oxygens (including phenoxy) is 1. The molecule has 11 heavy (non-hydrogen) atoms. The molecule has 1 rings (SSSR count). The van der Waals surface area contributed by atoms with Gasteiger partial charge in [-0.2, -0.15) is 0 Å². The summed E-state index contributed by atoms with van der Waals surface area (Å²) in [6.07, 6.45) is 6.52. The normalized spacial score (nSPS) is 24.1. The Bertz CT molecular complexity index is 189. The Hall–Kier alpha value is -0.720. The van der Waals surface area contributed by atoms with E-state index in [1.54, 1.807) is 7.11 Å². The molecule has 1 atom stereocenters. The summed E-state index contributed by atoms with van der Waals surface area (Å²) < 4.78 is 5.19. The van der Waals surface area contributed by atoms with E-state index in [1.807, 2.05) is 0 Å². The van der Waals surface area contributed by atoms with Crippen molar-refractivity contribution in [2.24, 2.45) is 5.92 Å². The molecule has 0 aromatic rings. The van der Waals surface area contributed by atoms with Crippen LogP contribution in [0.4, 0.5) is 0 Å². The quantitative estimate of drug-likeness (QED) is 0.591. The third kappa shape index (κ3) is 1.86. The molecule has 0 spiro atoms. The van der Waals surface area contributed by atoms with Gasteiger partial charge in [-0.25, -0.2) is 0 Å². The van der Waals surface area contributed by atoms with Gasteiger partial charge >= 0.3 is 0 Å². The van der Waals surface area contributed by atoms with Crippen LogP contribution in [0, 0.1) is 5.92 Å². The zero-order valence-corrected chi connectivity index (χ0v) is 7.55. The van der Waals surface area contributed by atoms with Gasteiger partial charge in [-0.05, 0) is 25.3 Å². The topological polar surface area (TPSA) is 9.23 Å². The summed E-state index contributed by atoms with van der Waals surface area (Å²) in [5.41, 5.74) is 1.48. The summed E-state index contributed by atoms with van der Waals surface area (Å²) in [5, 5.41) is 0. The molecule has 62 valence electrons. The summed E-state index contributed by atoms with van der Waals surface area (Å²) in [6.45, 7) is 4.41. The van der Waals surface area contributed by atoms with Crippen molar-refractivity contribution in [1.82, 2.24) is 0 Å². The second-order valence-electron chi connectivity index (χ2n) is 3.06. The molecule has 0 aliphatic heterocycles. The monoisotopic (exact) mass is 152 g/mol. The van der Waals surface area contributed by atoms with E-state index in [9.17, 15) is 0 Å². The Labute approximate surface area is 68.8 Å². The zero-order chi connectivity index (χ0) is 8.27. The van der Waals surface area contributed by atoms with E-state index in [0.29, 0.717) is 5.92 Å². The molecule has 0 saturated carbocycles. The molecule has 0 bridgehead atoms. The van der Waals surface area contributed by atoms with Crippen LogP contribution >= 0.6 is 0 Å². The first-order valence-corrected chi connectivity index (χ1v) is 4.19. The standard InChI is InChI=1S/C10H16O/c1-4-9-7-10(11-3)6-5-8(9)2/h5-6,9H,4,7H2,1-3H3. The maximum absolute atomic E-state index is 5.19. The molecule has 0 aromatic heterocycles. The Morgan fingerprint density at radius 3 is 2.82 bits per heavy atom. The smallest absolute Gasteiger partial charge is 0.0961 e. The maximum Gasteiger partial charge on any atom is 0.0961 e. The SMILES string of the molecule is CCC1CC(OC)=CC=C1C. The minimum atomic E-state index is 0.704. The number of allylic oxidation sites excluding steroid dienone is 4. The van der Waals surface area contributed by atoms with Crippen molar-refractivity contribution >= 4 is 0 Å². The average molecular weight is 152 g/mol. The first kappa shape index (κ1) is 8.38. The van der Waals surface area contributed by atoms with Crippen LogP contribution in [0.3, 0.4) is 0 Å². The van der Waals surface area contributed by atoms with Crippen LogP contribution in [-0.4, -0.2) is 7.11 Å². The third-order valence-electron chi connectivity index (χ3n) is 2.38. The molecule has 0 amide bonds. The molecule has 1 unspecified atom stereocenters. The lowest BCUT2D eigenvalue weighted by Crippen LogP contribution is -2.06. The molecule has 0 radical (unpaired) electrons. The van der Waals surface area contributed by atoms with Crippen LogP contribution in [0.5, 0.6) is 0 Å². The van der Waals surface area contributed by atoms with Crippen LogP contribution in [0.2, 0.25) is 0 Å². The highest BCUT2D eigenvalue weighted by Crippen LogP contribution is 2.27. The predicted octanol–water partition coefficient (Wildman–Crippen LogP) is 2.89. The Morgan fingerprint density at radius 2 is 2.27 bits per heavy atom. The minimum absolute atomic E-state index is 0.704. The maximum atomic E-state index is 5.19. The van der Waals surface area contributed by atoms with Crippen molar-refractivity contribution < 1.29 is 4.74 Å². The van der Waals surface area contributed by atoms with Gasteiger partial charge in [0.2, 0.25) is 0 Å². The lowest BCUT2D eigenvalue weighted by molar-refractivity contribution is 0.261. The molecule has 1 aliphatic rings. The molecule has 0 heterocycles. The lowest BCUT2D eigenvalue weighted by atomic mass is 9.89. The Kier molecular flexibility index (Phi) is 2.75. The molecule has 1 heteroatoms. The number of hydrogen-bond acceptors (Lipinski definition) is 1. The van der Waals surface area contributed by atoms with Gasteiger partial charge in [0.05, 0.1) is 12.9 Å². The number of methoxy groups -OCH3 is 1. The van der Waals surface area contributed by atoms with Crippen molar-refractivity contribution in [2.75, 3.05) is 7.11 Å². The van der Waals surface area contributed by atoms with Gasteiger partial charge in [-0.3, -0.25) is 0 Å². The summed E-state index contributed by atoms with van der Waals surface area (Å²) >= 11 is 0. The fourth-order valence-electron chi connectivity index (χ4n) is 1.45. The van der Waals surface area contributed by atoms with Crippen molar-refractivity contribution in [1.29, 1.82) is 0 Å². The second kappa shape index (κ2) is 3.61. The predicted molar refractivity (Wildman–Crippen MR) is 47.2 cm³/mol. The van der Waals surface area contributed by atoms with Gasteiger partial charge in [-0.15, -0.1) is 0 Å². The van der Waals surface area contributed by atoms with Gasteiger partial charge in [0.15, 0.2) is 0 Å². The molecule has 0 N–H and O–H groups in total. The van der Waals surface area contributed by atoms with Crippen molar-refractivity contribution in [3.05, 3.63) is 23.5 Å². The van der Waals surface area contributed by atoms with Crippen molar-refractivity contribution in [3.63, 3.8) is 0 Å². The van der Waals surface area contributed by atoms with Crippen LogP contribution < -0.4 is 0 Å². The van der Waals surface area contributed by atoms with E-state index in [4.69, 9.17) is 4.74 Å². The Balaban J connectivity index is 2.67. The van der Waals surface area contributed by atoms with Gasteiger partial charge < -0.3 is 4.74 Å². The van der Waals surface area contributed by atoms with Gasteiger partial charge in [-0.1, -0.05) is 18.6 Å². The van der Waals surface area contributed by atoms with E-state index in [-0.39, 0.29) is 0 Å². The van der Waals surface area contributed by atoms with E-state index in [0.717, 1.165) is 12.2 Å². The Morgan fingerprint density at radius 1 is 1.55 bits per heavy atom. The van der Waals surface area contributed by atoms with Gasteiger partial charge in [0, 0.05) is 6.42 Å². The third-order valence-corrected chi connectivity index (χ3v) is 2.38. The summed E-state index contributed by atoms with van der Waals surface area (Å²) in [7, 11) is 1.74. The highest BCUT2D eigenvalue weighted by molar-refractivity contribution is 5.22. The molecular weight excluding hydrogens is 136 g/mol. The fraction of sp³-hybridized carbons (Fsp3) is 0.600. The van der Waals surface area contributed by atoms with E-state index in [2.05, 4.69) is 26.0 Å². The van der Waals surface area contributed by atoms with Crippen LogP contribution in [0.1, 0.15) is 26.7 Å². The molecular formula is C10H16O. The molecule has 0 saturated heterocycles. The highest BCUT2D eigenvalue weighted by atomic mass is 16.5. The van der Waals surface area contributed by atoms with E-state index < -0.39 is 0 Å². The van der Waals surface area contributed by atoms with Crippen molar-refractivity contribution in [3.8, 4) is 0 Å².